The summed E-state index contributed by atoms with van der Waals surface area (Å²) in [4.78, 5) is 41.6. The number of carbonyl (C=O) groups excluding carboxylic acids is 3. The molecule has 198 valence electrons. The first-order valence-corrected chi connectivity index (χ1v) is 12.3. The minimum atomic E-state index is -0.644. The number of rotatable bonds is 8. The summed E-state index contributed by atoms with van der Waals surface area (Å²) in [5, 5.41) is 16.1. The van der Waals surface area contributed by atoms with Gasteiger partial charge < -0.3 is 30.5 Å². The molecule has 1 aromatic heterocycles. The van der Waals surface area contributed by atoms with Crippen LogP contribution in [0.2, 0.25) is 0 Å². The first-order valence-electron chi connectivity index (χ1n) is 12.3. The fraction of sp³-hybridized carbons (Fsp3) is 0.462. The largest absolute Gasteiger partial charge is 0.381 e. The van der Waals surface area contributed by atoms with E-state index >= 15 is 0 Å². The maximum atomic E-state index is 13.5. The molecular formula is C26H35N7O4. The molecule has 11 nitrogen and oxygen atoms in total. The predicted octanol–water partition coefficient (Wildman–Crippen LogP) is 2.51. The lowest BCUT2D eigenvalue weighted by atomic mass is 9.98. The van der Waals surface area contributed by atoms with Crippen molar-refractivity contribution < 1.29 is 19.1 Å². The van der Waals surface area contributed by atoms with Crippen LogP contribution < -0.4 is 16.0 Å². The normalized spacial score (nSPS) is 18.8. The van der Waals surface area contributed by atoms with Crippen LogP contribution in [-0.4, -0.2) is 77.7 Å². The Bertz CT molecular complexity index is 1170. The van der Waals surface area contributed by atoms with Crippen molar-refractivity contribution in [3.05, 3.63) is 53.7 Å². The van der Waals surface area contributed by atoms with Gasteiger partial charge in [0.1, 0.15) is 0 Å². The Hall–Kier alpha value is -3.70. The molecule has 2 aliphatic rings. The number of fused-ring (bicyclic) bond motifs is 1. The number of H-pyrrole nitrogens is 1. The number of carbonyl (C=O) groups is 3. The van der Waals surface area contributed by atoms with Crippen LogP contribution in [0.5, 0.6) is 0 Å². The average molecular weight is 510 g/mol. The Balaban J connectivity index is 1.45. The summed E-state index contributed by atoms with van der Waals surface area (Å²) in [6, 6.07) is 6.31. The third-order valence-electron chi connectivity index (χ3n) is 6.95. The summed E-state index contributed by atoms with van der Waals surface area (Å²) in [5.74, 6) is -0.0154. The number of nitrogens with one attached hydrogen (secondary N) is 4. The van der Waals surface area contributed by atoms with Gasteiger partial charge in [-0.3, -0.25) is 14.7 Å². The van der Waals surface area contributed by atoms with Crippen molar-refractivity contribution in [3.63, 3.8) is 0 Å². The van der Waals surface area contributed by atoms with E-state index in [2.05, 4.69) is 37.6 Å². The number of amides is 4. The summed E-state index contributed by atoms with van der Waals surface area (Å²) in [7, 11) is 3.98. The lowest BCUT2D eigenvalue weighted by molar-refractivity contribution is -0.111. The molecule has 37 heavy (non-hydrogen) atoms. The van der Waals surface area contributed by atoms with Crippen molar-refractivity contribution >= 4 is 29.4 Å². The van der Waals surface area contributed by atoms with Gasteiger partial charge in [-0.1, -0.05) is 6.58 Å². The molecule has 0 bridgehead atoms. The number of benzene rings is 1. The number of hydrogen-bond donors (Lipinski definition) is 4. The van der Waals surface area contributed by atoms with Crippen LogP contribution in [0.1, 0.15) is 41.9 Å². The number of hydrogen-bond acceptors (Lipinski definition) is 6. The van der Waals surface area contributed by atoms with E-state index in [0.29, 0.717) is 36.8 Å². The van der Waals surface area contributed by atoms with Gasteiger partial charge >= 0.3 is 6.03 Å². The van der Waals surface area contributed by atoms with E-state index in [1.807, 2.05) is 27.9 Å². The van der Waals surface area contributed by atoms with Gasteiger partial charge in [0.05, 0.1) is 24.4 Å². The number of aromatic amines is 1. The van der Waals surface area contributed by atoms with Crippen LogP contribution in [0.25, 0.3) is 0 Å². The fourth-order valence-electron chi connectivity index (χ4n) is 4.84. The van der Waals surface area contributed by atoms with Crippen molar-refractivity contribution in [2.75, 3.05) is 44.5 Å². The zero-order chi connectivity index (χ0) is 26.7. The molecule has 11 heteroatoms. The minimum Gasteiger partial charge on any atom is -0.381 e. The van der Waals surface area contributed by atoms with E-state index in [9.17, 15) is 14.4 Å². The number of likely N-dealkylation sites (N-methyl/N-ethyl adjacent to an activating group) is 1. The van der Waals surface area contributed by atoms with Gasteiger partial charge in [0.2, 0.25) is 5.91 Å². The summed E-state index contributed by atoms with van der Waals surface area (Å²) < 4.78 is 5.56. The predicted molar refractivity (Wildman–Crippen MR) is 140 cm³/mol. The summed E-state index contributed by atoms with van der Waals surface area (Å²) >= 11 is 0. The number of ether oxygens (including phenoxy) is 1. The molecular weight excluding hydrogens is 474 g/mol. The maximum Gasteiger partial charge on any atom is 0.318 e. The van der Waals surface area contributed by atoms with E-state index in [1.54, 1.807) is 29.2 Å². The highest BCUT2D eigenvalue weighted by Crippen LogP contribution is 2.40. The molecule has 2 atom stereocenters. The van der Waals surface area contributed by atoms with E-state index in [-0.39, 0.29) is 29.8 Å². The zero-order valence-corrected chi connectivity index (χ0v) is 21.8. The second-order valence-electron chi connectivity index (χ2n) is 10.2. The molecule has 1 fully saturated rings. The quantitative estimate of drug-likeness (QED) is 0.405. The van der Waals surface area contributed by atoms with Crippen LogP contribution in [0, 0.1) is 5.92 Å². The van der Waals surface area contributed by atoms with Crippen molar-refractivity contribution in [3.8, 4) is 0 Å². The van der Waals surface area contributed by atoms with Gasteiger partial charge in [-0.2, -0.15) is 5.10 Å². The lowest BCUT2D eigenvalue weighted by Gasteiger charge is -2.35. The molecule has 1 aromatic carbocycles. The molecule has 4 N–H and O–H groups in total. The monoisotopic (exact) mass is 509 g/mol. The summed E-state index contributed by atoms with van der Waals surface area (Å²) in [6.45, 7) is 9.72. The molecule has 0 radical (unpaired) electrons. The fourth-order valence-corrected chi connectivity index (χ4v) is 4.84. The number of nitrogens with zero attached hydrogens (tertiary/aromatic N) is 3. The lowest BCUT2D eigenvalue weighted by Crippen LogP contribution is -2.53. The standard InChI is InChI=1S/C26H35N7O4/c1-6-21(34)27-18-9-7-16(8-10-18)24(35)29-23-19-13-33(26(2,3)22(19)30-31-23)25(36)28-20(14-32(4)5)17-11-12-37-15-17/h6-10,17,20H,1,11-15H2,2-5H3,(H,27,34)(H,28,36)(H2,29,30,31,35). The molecule has 2 aromatic rings. The van der Waals surface area contributed by atoms with Gasteiger partial charge in [0.25, 0.3) is 5.91 Å². The van der Waals surface area contributed by atoms with Gasteiger partial charge in [0, 0.05) is 41.9 Å². The second kappa shape index (κ2) is 10.7. The van der Waals surface area contributed by atoms with Crippen molar-refractivity contribution in [1.82, 2.24) is 25.3 Å². The number of anilines is 2. The summed E-state index contributed by atoms with van der Waals surface area (Å²) in [6.07, 6.45) is 2.10. The highest BCUT2D eigenvalue weighted by atomic mass is 16.5. The van der Waals surface area contributed by atoms with Crippen LogP contribution in [0.15, 0.2) is 36.9 Å². The smallest absolute Gasteiger partial charge is 0.318 e. The maximum absolute atomic E-state index is 13.5. The van der Waals surface area contributed by atoms with E-state index in [4.69, 9.17) is 4.74 Å². The Labute approximate surface area is 216 Å². The molecule has 1 saturated heterocycles. The van der Waals surface area contributed by atoms with Gasteiger partial charge in [-0.05, 0) is 64.7 Å². The highest BCUT2D eigenvalue weighted by Gasteiger charge is 2.44. The van der Waals surface area contributed by atoms with Crippen LogP contribution >= 0.6 is 0 Å². The number of aromatic nitrogens is 2. The van der Waals surface area contributed by atoms with E-state index < -0.39 is 5.54 Å². The molecule has 0 spiro atoms. The van der Waals surface area contributed by atoms with Crippen molar-refractivity contribution in [1.29, 1.82) is 0 Å². The summed E-state index contributed by atoms with van der Waals surface area (Å²) in [5.41, 5.74) is 1.88. The van der Waals surface area contributed by atoms with Gasteiger partial charge in [0.15, 0.2) is 5.82 Å². The van der Waals surface area contributed by atoms with E-state index in [0.717, 1.165) is 24.2 Å². The van der Waals surface area contributed by atoms with Crippen LogP contribution in [0.3, 0.4) is 0 Å². The molecule has 4 rings (SSSR count). The Morgan fingerprint density at radius 1 is 1.27 bits per heavy atom. The zero-order valence-electron chi connectivity index (χ0n) is 21.8. The molecule has 0 saturated carbocycles. The van der Waals surface area contributed by atoms with Crippen LogP contribution in [0.4, 0.5) is 16.3 Å². The highest BCUT2D eigenvalue weighted by molar-refractivity contribution is 6.05. The number of urea groups is 1. The van der Waals surface area contributed by atoms with Crippen LogP contribution in [-0.2, 0) is 21.6 Å². The van der Waals surface area contributed by atoms with Crippen molar-refractivity contribution in [2.24, 2.45) is 5.92 Å². The molecule has 2 unspecified atom stereocenters. The first kappa shape index (κ1) is 26.4. The first-order chi connectivity index (χ1) is 17.6. The van der Waals surface area contributed by atoms with Crippen molar-refractivity contribution in [2.45, 2.75) is 38.4 Å². The minimum absolute atomic E-state index is 0.0312. The third-order valence-corrected chi connectivity index (χ3v) is 6.95. The molecule has 2 aliphatic heterocycles. The second-order valence-corrected chi connectivity index (χ2v) is 10.2. The topological polar surface area (TPSA) is 132 Å². The SMILES string of the molecule is C=CC(=O)Nc1ccc(C(=O)Nc2n[nH]c3c2CN(C(=O)NC(CN(C)C)C2CCOC2)C3(C)C)cc1. The third kappa shape index (κ3) is 5.67. The Morgan fingerprint density at radius 2 is 2.00 bits per heavy atom. The Morgan fingerprint density at radius 3 is 2.62 bits per heavy atom. The molecule has 3 heterocycles. The van der Waals surface area contributed by atoms with E-state index in [1.165, 1.54) is 6.08 Å². The van der Waals surface area contributed by atoms with Gasteiger partial charge in [-0.25, -0.2) is 4.79 Å². The van der Waals surface area contributed by atoms with Gasteiger partial charge in [-0.15, -0.1) is 0 Å². The average Bonchev–Trinajstić information content (AvgIpc) is 3.57. The molecule has 4 amide bonds. The Kier molecular flexibility index (Phi) is 7.65. The molecule has 0 aliphatic carbocycles.